The minimum absolute atomic E-state index is 0.0855. The van der Waals surface area contributed by atoms with Gasteiger partial charge >= 0.3 is 5.97 Å². The molecule has 116 valence electrons. The molecule has 0 aliphatic carbocycles. The van der Waals surface area contributed by atoms with Gasteiger partial charge in [0.2, 0.25) is 0 Å². The number of hydrogen-bond donors (Lipinski definition) is 2. The highest BCUT2D eigenvalue weighted by Crippen LogP contribution is 2.17. The lowest BCUT2D eigenvalue weighted by molar-refractivity contribution is -0.139. The molecular formula is C14H18ClNO5. The van der Waals surface area contributed by atoms with E-state index in [4.69, 9.17) is 26.2 Å². The molecule has 1 atom stereocenters. The number of carboxylic acids is 1. The van der Waals surface area contributed by atoms with Gasteiger partial charge in [0.05, 0.1) is 18.6 Å². The van der Waals surface area contributed by atoms with Crippen molar-refractivity contribution in [3.8, 4) is 5.75 Å². The zero-order chi connectivity index (χ0) is 15.9. The molecule has 0 saturated heterocycles. The fourth-order valence-electron chi connectivity index (χ4n) is 1.86. The van der Waals surface area contributed by atoms with E-state index in [-0.39, 0.29) is 19.6 Å². The van der Waals surface area contributed by atoms with E-state index in [0.29, 0.717) is 10.8 Å². The van der Waals surface area contributed by atoms with E-state index in [2.05, 4.69) is 5.32 Å². The first kappa shape index (κ1) is 17.3. The van der Waals surface area contributed by atoms with Gasteiger partial charge in [0.1, 0.15) is 5.75 Å². The van der Waals surface area contributed by atoms with E-state index in [9.17, 15) is 9.59 Å². The highest BCUT2D eigenvalue weighted by atomic mass is 35.5. The molecule has 2 N–H and O–H groups in total. The fourth-order valence-corrected chi connectivity index (χ4v) is 2.04. The monoisotopic (exact) mass is 315 g/mol. The molecule has 0 radical (unpaired) electrons. The second-order valence-corrected chi connectivity index (χ2v) is 5.29. The van der Waals surface area contributed by atoms with Crippen LogP contribution < -0.4 is 10.1 Å². The third kappa shape index (κ3) is 6.46. The van der Waals surface area contributed by atoms with Crippen LogP contribution in [0.25, 0.3) is 0 Å². The molecule has 0 fully saturated rings. The minimum atomic E-state index is -1.02. The smallest absolute Gasteiger partial charge is 0.305 e. The summed E-state index contributed by atoms with van der Waals surface area (Å²) in [6, 6.07) is 6.65. The standard InChI is InChI=1S/C14H18ClNO5/c1-14(9-20-2,7-13(18)19)16-12(17)8-21-11-5-3-4-10(15)6-11/h3-6H,7-9H2,1-2H3,(H,16,17)(H,18,19). The Morgan fingerprint density at radius 3 is 2.71 bits per heavy atom. The van der Waals surface area contributed by atoms with Gasteiger partial charge in [-0.2, -0.15) is 0 Å². The Balaban J connectivity index is 2.56. The molecule has 0 spiro atoms. The van der Waals surface area contributed by atoms with Crippen molar-refractivity contribution in [1.82, 2.24) is 5.32 Å². The molecule has 0 heterocycles. The molecule has 1 aromatic carbocycles. The van der Waals surface area contributed by atoms with Crippen molar-refractivity contribution in [1.29, 1.82) is 0 Å². The van der Waals surface area contributed by atoms with E-state index < -0.39 is 17.4 Å². The van der Waals surface area contributed by atoms with Gasteiger partial charge in [-0.05, 0) is 25.1 Å². The van der Waals surface area contributed by atoms with Crippen molar-refractivity contribution in [3.05, 3.63) is 29.3 Å². The molecule has 0 saturated carbocycles. The van der Waals surface area contributed by atoms with Crippen LogP contribution >= 0.6 is 11.6 Å². The number of carbonyl (C=O) groups is 2. The maximum atomic E-state index is 11.9. The third-order valence-corrected chi connectivity index (χ3v) is 2.85. The van der Waals surface area contributed by atoms with Crippen molar-refractivity contribution < 1.29 is 24.2 Å². The largest absolute Gasteiger partial charge is 0.484 e. The Kier molecular flexibility index (Phi) is 6.45. The van der Waals surface area contributed by atoms with Gasteiger partial charge in [-0.25, -0.2) is 0 Å². The van der Waals surface area contributed by atoms with Crippen LogP contribution in [0.5, 0.6) is 5.75 Å². The van der Waals surface area contributed by atoms with E-state index in [1.54, 1.807) is 31.2 Å². The number of methoxy groups -OCH3 is 1. The van der Waals surface area contributed by atoms with Crippen LogP contribution in [0.4, 0.5) is 0 Å². The zero-order valence-electron chi connectivity index (χ0n) is 11.9. The average Bonchev–Trinajstić information content (AvgIpc) is 2.35. The molecule has 1 rings (SSSR count). The summed E-state index contributed by atoms with van der Waals surface area (Å²) in [5, 5.41) is 12.0. The van der Waals surface area contributed by atoms with Crippen molar-refractivity contribution in [2.75, 3.05) is 20.3 Å². The average molecular weight is 316 g/mol. The minimum Gasteiger partial charge on any atom is -0.484 e. The van der Waals surface area contributed by atoms with Gasteiger partial charge in [-0.3, -0.25) is 9.59 Å². The molecule has 0 aliphatic heterocycles. The number of nitrogens with one attached hydrogen (secondary N) is 1. The Hall–Kier alpha value is -1.79. The molecule has 0 bridgehead atoms. The third-order valence-electron chi connectivity index (χ3n) is 2.61. The first-order chi connectivity index (χ1) is 9.84. The summed E-state index contributed by atoms with van der Waals surface area (Å²) >= 11 is 5.80. The molecule has 0 aliphatic rings. The number of benzene rings is 1. The number of aliphatic carboxylic acids is 1. The number of ether oxygens (including phenoxy) is 2. The van der Waals surface area contributed by atoms with Crippen LogP contribution in [0, 0.1) is 0 Å². The zero-order valence-corrected chi connectivity index (χ0v) is 12.6. The SMILES string of the molecule is COCC(C)(CC(=O)O)NC(=O)COc1cccc(Cl)c1. The summed E-state index contributed by atoms with van der Waals surface area (Å²) in [5.74, 6) is -0.995. The van der Waals surface area contributed by atoms with Gasteiger partial charge in [0.15, 0.2) is 6.61 Å². The molecule has 1 aromatic rings. The number of hydrogen-bond acceptors (Lipinski definition) is 4. The molecule has 7 heteroatoms. The maximum Gasteiger partial charge on any atom is 0.305 e. The second-order valence-electron chi connectivity index (χ2n) is 4.86. The molecule has 21 heavy (non-hydrogen) atoms. The molecule has 1 amide bonds. The van der Waals surface area contributed by atoms with Crippen molar-refractivity contribution in [2.45, 2.75) is 18.9 Å². The summed E-state index contributed by atoms with van der Waals surface area (Å²) in [5.41, 5.74) is -0.991. The molecule has 6 nitrogen and oxygen atoms in total. The van der Waals surface area contributed by atoms with Crippen LogP contribution in [-0.2, 0) is 14.3 Å². The normalized spacial score (nSPS) is 13.3. The van der Waals surface area contributed by atoms with E-state index >= 15 is 0 Å². The fraction of sp³-hybridized carbons (Fsp3) is 0.429. The highest BCUT2D eigenvalue weighted by molar-refractivity contribution is 6.30. The van der Waals surface area contributed by atoms with E-state index in [1.807, 2.05) is 0 Å². The highest BCUT2D eigenvalue weighted by Gasteiger charge is 2.29. The summed E-state index contributed by atoms with van der Waals surface area (Å²) < 4.78 is 10.2. The number of carbonyl (C=O) groups excluding carboxylic acids is 1. The Labute approximate surface area is 128 Å². The Morgan fingerprint density at radius 1 is 1.43 bits per heavy atom. The van der Waals surface area contributed by atoms with Crippen molar-refractivity contribution in [3.63, 3.8) is 0 Å². The Morgan fingerprint density at radius 2 is 2.14 bits per heavy atom. The van der Waals surface area contributed by atoms with Crippen LogP contribution in [0.2, 0.25) is 5.02 Å². The number of rotatable bonds is 8. The van der Waals surface area contributed by atoms with Gasteiger partial charge in [-0.1, -0.05) is 17.7 Å². The first-order valence-electron chi connectivity index (χ1n) is 6.25. The maximum absolute atomic E-state index is 11.9. The number of carboxylic acid groups (broad SMARTS) is 1. The quantitative estimate of drug-likeness (QED) is 0.763. The summed E-state index contributed by atoms with van der Waals surface area (Å²) in [6.45, 7) is 1.45. The van der Waals surface area contributed by atoms with Gasteiger partial charge < -0.3 is 19.9 Å². The number of halogens is 1. The lowest BCUT2D eigenvalue weighted by Crippen LogP contribution is -2.52. The Bertz CT molecular complexity index is 508. The summed E-state index contributed by atoms with van der Waals surface area (Å²) in [7, 11) is 1.44. The summed E-state index contributed by atoms with van der Waals surface area (Å²) in [4.78, 5) is 22.7. The number of amides is 1. The summed E-state index contributed by atoms with van der Waals surface area (Å²) in [6.07, 6.45) is -0.246. The van der Waals surface area contributed by atoms with Crippen molar-refractivity contribution >= 4 is 23.5 Å². The predicted molar refractivity (Wildman–Crippen MR) is 77.6 cm³/mol. The lowest BCUT2D eigenvalue weighted by atomic mass is 9.99. The first-order valence-corrected chi connectivity index (χ1v) is 6.62. The van der Waals surface area contributed by atoms with Crippen LogP contribution in [0.1, 0.15) is 13.3 Å². The van der Waals surface area contributed by atoms with Gasteiger partial charge in [0, 0.05) is 12.1 Å². The van der Waals surface area contributed by atoms with Crippen LogP contribution in [-0.4, -0.2) is 42.8 Å². The van der Waals surface area contributed by atoms with E-state index in [1.165, 1.54) is 7.11 Å². The molecule has 0 aromatic heterocycles. The van der Waals surface area contributed by atoms with Crippen molar-refractivity contribution in [2.24, 2.45) is 0 Å². The molecular weight excluding hydrogens is 298 g/mol. The van der Waals surface area contributed by atoms with E-state index in [0.717, 1.165) is 0 Å². The predicted octanol–water partition coefficient (Wildman–Crippen LogP) is 1.71. The molecule has 1 unspecified atom stereocenters. The topological polar surface area (TPSA) is 84.9 Å². The van der Waals surface area contributed by atoms with Crippen LogP contribution in [0.3, 0.4) is 0 Å². The lowest BCUT2D eigenvalue weighted by Gasteiger charge is -2.28. The van der Waals surface area contributed by atoms with Gasteiger partial charge in [-0.15, -0.1) is 0 Å². The van der Waals surface area contributed by atoms with Gasteiger partial charge in [0.25, 0.3) is 5.91 Å². The second kappa shape index (κ2) is 7.85. The van der Waals surface area contributed by atoms with Crippen LogP contribution in [0.15, 0.2) is 24.3 Å².